The van der Waals surface area contributed by atoms with E-state index in [1.807, 2.05) is 65.2 Å². The molecule has 0 aliphatic carbocycles. The Balaban J connectivity index is 1.26. The number of aromatic nitrogens is 5. The maximum absolute atomic E-state index is 5.49. The summed E-state index contributed by atoms with van der Waals surface area (Å²) in [4.78, 5) is 21.1. The van der Waals surface area contributed by atoms with Gasteiger partial charge in [-0.25, -0.2) is 4.98 Å². The Morgan fingerprint density at radius 1 is 0.718 bits per heavy atom. The molecule has 3 aromatic carbocycles. The van der Waals surface area contributed by atoms with Crippen LogP contribution in [0.15, 0.2) is 97.5 Å². The molecule has 0 amide bonds. The largest absolute Gasteiger partial charge is 0.378 e. The number of ether oxygens (including phenoxy) is 1. The van der Waals surface area contributed by atoms with Crippen LogP contribution >= 0.6 is 0 Å². The first-order chi connectivity index (χ1) is 19.3. The van der Waals surface area contributed by atoms with Crippen molar-refractivity contribution in [3.63, 3.8) is 0 Å². The van der Waals surface area contributed by atoms with Crippen molar-refractivity contribution in [2.24, 2.45) is 0 Å². The Kier molecular flexibility index (Phi) is 5.95. The van der Waals surface area contributed by atoms with E-state index in [0.29, 0.717) is 22.9 Å². The van der Waals surface area contributed by atoms with Gasteiger partial charge < -0.3 is 20.3 Å². The highest BCUT2D eigenvalue weighted by Crippen LogP contribution is 2.29. The van der Waals surface area contributed by atoms with Gasteiger partial charge in [0.05, 0.1) is 18.7 Å². The van der Waals surface area contributed by atoms with Crippen molar-refractivity contribution in [3.05, 3.63) is 97.5 Å². The summed E-state index contributed by atoms with van der Waals surface area (Å²) in [7, 11) is 0. The van der Waals surface area contributed by atoms with Crippen LogP contribution in [0.25, 0.3) is 27.8 Å². The zero-order chi connectivity index (χ0) is 26.0. The second-order valence-electron chi connectivity index (χ2n) is 9.33. The summed E-state index contributed by atoms with van der Waals surface area (Å²) in [5.74, 6) is 1.09. The van der Waals surface area contributed by atoms with E-state index >= 15 is 0 Å². The van der Waals surface area contributed by atoms with Gasteiger partial charge in [0.15, 0.2) is 17.0 Å². The molecule has 1 aliphatic rings. The molecule has 1 fully saturated rings. The number of para-hydroxylation sites is 1. The van der Waals surface area contributed by atoms with Crippen LogP contribution in [-0.4, -0.2) is 50.8 Å². The summed E-state index contributed by atoms with van der Waals surface area (Å²) in [6.07, 6.45) is 3.58. The zero-order valence-electron chi connectivity index (χ0n) is 21.2. The maximum atomic E-state index is 5.49. The van der Waals surface area contributed by atoms with Gasteiger partial charge in [-0.2, -0.15) is 9.97 Å². The van der Waals surface area contributed by atoms with Gasteiger partial charge >= 0.3 is 0 Å². The minimum absolute atomic E-state index is 0.468. The molecular weight excluding hydrogens is 488 g/mol. The quantitative estimate of drug-likeness (QED) is 0.293. The van der Waals surface area contributed by atoms with Crippen molar-refractivity contribution in [3.8, 4) is 5.69 Å². The summed E-state index contributed by atoms with van der Waals surface area (Å²) in [5, 5.41) is 7.90. The Labute approximate surface area is 225 Å². The molecule has 0 unspecified atom stereocenters. The lowest BCUT2D eigenvalue weighted by atomic mass is 10.2. The van der Waals surface area contributed by atoms with Crippen LogP contribution in [-0.2, 0) is 4.74 Å². The molecule has 0 radical (unpaired) electrons. The molecule has 9 heteroatoms. The number of imidazole rings is 1. The van der Waals surface area contributed by atoms with Crippen LogP contribution in [0, 0.1) is 0 Å². The second kappa shape index (κ2) is 10.0. The lowest BCUT2D eigenvalue weighted by Crippen LogP contribution is -2.36. The van der Waals surface area contributed by atoms with Gasteiger partial charge in [0.25, 0.3) is 0 Å². The van der Waals surface area contributed by atoms with Crippen LogP contribution in [0.1, 0.15) is 0 Å². The molecule has 2 N–H and O–H groups in total. The number of fused-ring (bicyclic) bond motifs is 2. The maximum Gasteiger partial charge on any atom is 0.231 e. The van der Waals surface area contributed by atoms with E-state index in [1.165, 1.54) is 5.69 Å². The molecule has 192 valence electrons. The molecule has 0 saturated carbocycles. The topological polar surface area (TPSA) is 93.0 Å². The second-order valence-corrected chi connectivity index (χ2v) is 9.33. The lowest BCUT2D eigenvalue weighted by Gasteiger charge is -2.28. The summed E-state index contributed by atoms with van der Waals surface area (Å²) in [5.41, 5.74) is 6.27. The number of rotatable bonds is 6. The first-order valence-corrected chi connectivity index (χ1v) is 12.9. The Morgan fingerprint density at radius 3 is 2.38 bits per heavy atom. The Bertz CT molecular complexity index is 1740. The van der Waals surface area contributed by atoms with Crippen LogP contribution in [0.4, 0.5) is 28.8 Å². The van der Waals surface area contributed by atoms with E-state index in [0.717, 1.165) is 54.3 Å². The third-order valence-corrected chi connectivity index (χ3v) is 6.80. The Hall–Kier alpha value is -5.02. The fraction of sp³-hybridized carbons (Fsp3) is 0.133. The van der Waals surface area contributed by atoms with Crippen LogP contribution in [0.5, 0.6) is 0 Å². The molecule has 0 atom stereocenters. The van der Waals surface area contributed by atoms with E-state index < -0.39 is 0 Å². The molecule has 39 heavy (non-hydrogen) atoms. The average molecular weight is 515 g/mol. The zero-order valence-corrected chi connectivity index (χ0v) is 21.2. The number of nitrogens with one attached hydrogen (secondary N) is 2. The third kappa shape index (κ3) is 4.71. The highest BCUT2D eigenvalue weighted by atomic mass is 16.5. The third-order valence-electron chi connectivity index (χ3n) is 6.80. The highest BCUT2D eigenvalue weighted by molar-refractivity contribution is 5.88. The predicted molar refractivity (Wildman–Crippen MR) is 154 cm³/mol. The van der Waals surface area contributed by atoms with E-state index in [9.17, 15) is 0 Å². The van der Waals surface area contributed by atoms with Gasteiger partial charge in [-0.1, -0.05) is 24.3 Å². The Morgan fingerprint density at radius 2 is 1.54 bits per heavy atom. The number of pyridine rings is 1. The van der Waals surface area contributed by atoms with E-state index in [4.69, 9.17) is 14.7 Å². The number of benzene rings is 3. The van der Waals surface area contributed by atoms with E-state index in [2.05, 4.69) is 49.8 Å². The van der Waals surface area contributed by atoms with Gasteiger partial charge in [-0.15, -0.1) is 0 Å². The predicted octanol–water partition coefficient (Wildman–Crippen LogP) is 5.69. The molecule has 9 nitrogen and oxygen atoms in total. The molecule has 1 aliphatic heterocycles. The SMILES string of the molecule is c1ccc(-n2cnc3c(Nc4ccc(N5CCOCC5)cc4)nc(Nc4ccc5ncccc5c4)nc32)cc1. The minimum atomic E-state index is 0.468. The number of hydrogen-bond acceptors (Lipinski definition) is 8. The number of nitrogens with zero attached hydrogens (tertiary/aromatic N) is 6. The van der Waals surface area contributed by atoms with Crippen molar-refractivity contribution in [2.75, 3.05) is 41.8 Å². The van der Waals surface area contributed by atoms with Gasteiger partial charge in [-0.3, -0.25) is 9.55 Å². The summed E-state index contributed by atoms with van der Waals surface area (Å²) >= 11 is 0. The fourth-order valence-corrected chi connectivity index (χ4v) is 4.82. The monoisotopic (exact) mass is 514 g/mol. The molecule has 1 saturated heterocycles. The lowest BCUT2D eigenvalue weighted by molar-refractivity contribution is 0.122. The van der Waals surface area contributed by atoms with Crippen molar-refractivity contribution >= 4 is 50.9 Å². The number of morpholine rings is 1. The van der Waals surface area contributed by atoms with Crippen molar-refractivity contribution in [1.82, 2.24) is 24.5 Å². The number of hydrogen-bond donors (Lipinski definition) is 2. The van der Waals surface area contributed by atoms with Crippen LogP contribution in [0.3, 0.4) is 0 Å². The van der Waals surface area contributed by atoms with E-state index in [1.54, 1.807) is 12.5 Å². The normalized spacial score (nSPS) is 13.6. The molecule has 0 spiro atoms. The molecule has 7 rings (SSSR count). The van der Waals surface area contributed by atoms with Gasteiger partial charge in [0.2, 0.25) is 5.95 Å². The molecule has 3 aromatic heterocycles. The smallest absolute Gasteiger partial charge is 0.231 e. The fourth-order valence-electron chi connectivity index (χ4n) is 4.82. The van der Waals surface area contributed by atoms with E-state index in [-0.39, 0.29) is 0 Å². The highest BCUT2D eigenvalue weighted by Gasteiger charge is 2.16. The van der Waals surface area contributed by atoms with Gasteiger partial charge in [0.1, 0.15) is 6.33 Å². The van der Waals surface area contributed by atoms with Crippen LogP contribution in [0.2, 0.25) is 0 Å². The first-order valence-electron chi connectivity index (χ1n) is 12.9. The minimum Gasteiger partial charge on any atom is -0.378 e. The summed E-state index contributed by atoms with van der Waals surface area (Å²) in [6, 6.07) is 28.4. The number of anilines is 5. The average Bonchev–Trinajstić information content (AvgIpc) is 3.43. The summed E-state index contributed by atoms with van der Waals surface area (Å²) in [6.45, 7) is 3.31. The molecule has 0 bridgehead atoms. The van der Waals surface area contributed by atoms with Gasteiger partial charge in [-0.05, 0) is 60.7 Å². The van der Waals surface area contributed by atoms with Crippen LogP contribution < -0.4 is 15.5 Å². The standard InChI is InChI=1S/C30H26N8O/c1-2-6-25(7-3-1)38-20-32-27-28(33-22-8-11-24(12-9-22)37-15-17-39-18-16-37)35-30(36-29(27)38)34-23-10-13-26-21(19-23)5-4-14-31-26/h1-14,19-20H,15-18H2,(H2,33,34,35,36). The molecular formula is C30H26N8O. The molecule has 6 aromatic rings. The first kappa shape index (κ1) is 23.1. The van der Waals surface area contributed by atoms with Gasteiger partial charge in [0, 0.05) is 47.4 Å². The summed E-state index contributed by atoms with van der Waals surface area (Å²) < 4.78 is 7.46. The van der Waals surface area contributed by atoms with Crippen molar-refractivity contribution < 1.29 is 4.74 Å². The molecule has 4 heterocycles. The van der Waals surface area contributed by atoms with Crippen molar-refractivity contribution in [2.45, 2.75) is 0 Å². The van der Waals surface area contributed by atoms with Crippen molar-refractivity contribution in [1.29, 1.82) is 0 Å².